The molecule has 2 rings (SSSR count). The van der Waals surface area contributed by atoms with Gasteiger partial charge in [0.05, 0.1) is 11.6 Å². The molecule has 0 unspecified atom stereocenters. The standard InChI is InChI=1S/C14H21N3O3/c1-8(2)11-7-12(17(3)16-11)13(18)15-10-6-4-5-9(10)14(19)20/h7-10H,4-6H2,1-3H3,(H,15,18)(H,19,20)/t9-,10+/m0/s1. The second kappa shape index (κ2) is 5.64. The van der Waals surface area contributed by atoms with Crippen LogP contribution in [0.3, 0.4) is 0 Å². The van der Waals surface area contributed by atoms with E-state index in [0.29, 0.717) is 12.1 Å². The molecule has 0 saturated heterocycles. The summed E-state index contributed by atoms with van der Waals surface area (Å²) in [5, 5.41) is 16.3. The van der Waals surface area contributed by atoms with E-state index in [0.717, 1.165) is 18.5 Å². The lowest BCUT2D eigenvalue weighted by Gasteiger charge is -2.17. The third kappa shape index (κ3) is 2.84. The summed E-state index contributed by atoms with van der Waals surface area (Å²) in [4.78, 5) is 23.4. The number of hydrogen-bond donors (Lipinski definition) is 2. The second-order valence-electron chi connectivity index (χ2n) is 5.69. The summed E-state index contributed by atoms with van der Waals surface area (Å²) in [6.07, 6.45) is 2.19. The molecule has 1 aromatic rings. The molecule has 1 heterocycles. The lowest BCUT2D eigenvalue weighted by atomic mass is 10.0. The van der Waals surface area contributed by atoms with Crippen molar-refractivity contribution in [2.45, 2.75) is 45.1 Å². The van der Waals surface area contributed by atoms with Gasteiger partial charge in [-0.05, 0) is 24.8 Å². The number of carbonyl (C=O) groups excluding carboxylic acids is 1. The number of carbonyl (C=O) groups is 2. The first kappa shape index (κ1) is 14.6. The summed E-state index contributed by atoms with van der Waals surface area (Å²) in [7, 11) is 1.73. The molecule has 1 fully saturated rings. The first-order valence-electron chi connectivity index (χ1n) is 6.97. The van der Waals surface area contributed by atoms with Crippen molar-refractivity contribution in [2.24, 2.45) is 13.0 Å². The molecule has 0 aliphatic heterocycles. The predicted octanol–water partition coefficient (Wildman–Crippen LogP) is 1.53. The summed E-state index contributed by atoms with van der Waals surface area (Å²) < 4.78 is 1.55. The van der Waals surface area contributed by atoms with Gasteiger partial charge in [0, 0.05) is 13.1 Å². The number of rotatable bonds is 4. The van der Waals surface area contributed by atoms with Crippen LogP contribution in [0.2, 0.25) is 0 Å². The highest BCUT2D eigenvalue weighted by atomic mass is 16.4. The average Bonchev–Trinajstić information content (AvgIpc) is 2.95. The molecule has 1 aliphatic rings. The zero-order valence-corrected chi connectivity index (χ0v) is 12.1. The zero-order valence-electron chi connectivity index (χ0n) is 12.1. The highest BCUT2D eigenvalue weighted by Gasteiger charge is 2.34. The molecule has 20 heavy (non-hydrogen) atoms. The molecule has 6 nitrogen and oxygen atoms in total. The summed E-state index contributed by atoms with van der Waals surface area (Å²) in [5.41, 5.74) is 1.34. The lowest BCUT2D eigenvalue weighted by molar-refractivity contribution is -0.142. The van der Waals surface area contributed by atoms with Crippen molar-refractivity contribution in [1.29, 1.82) is 0 Å². The Balaban J connectivity index is 2.10. The molecule has 1 amide bonds. The van der Waals surface area contributed by atoms with E-state index in [2.05, 4.69) is 10.4 Å². The first-order chi connectivity index (χ1) is 9.40. The summed E-state index contributed by atoms with van der Waals surface area (Å²) >= 11 is 0. The van der Waals surface area contributed by atoms with E-state index in [-0.39, 0.29) is 17.9 Å². The first-order valence-corrected chi connectivity index (χ1v) is 6.97. The summed E-state index contributed by atoms with van der Waals surface area (Å²) in [5.74, 6) is -1.30. The van der Waals surface area contributed by atoms with Crippen LogP contribution in [-0.2, 0) is 11.8 Å². The number of aromatic nitrogens is 2. The lowest BCUT2D eigenvalue weighted by Crippen LogP contribution is -2.40. The molecule has 1 aliphatic carbocycles. The van der Waals surface area contributed by atoms with Crippen molar-refractivity contribution in [3.8, 4) is 0 Å². The van der Waals surface area contributed by atoms with E-state index in [1.165, 1.54) is 0 Å². The Kier molecular flexibility index (Phi) is 4.11. The van der Waals surface area contributed by atoms with Gasteiger partial charge in [0.15, 0.2) is 0 Å². The van der Waals surface area contributed by atoms with Crippen molar-refractivity contribution in [1.82, 2.24) is 15.1 Å². The van der Waals surface area contributed by atoms with E-state index in [1.807, 2.05) is 13.8 Å². The van der Waals surface area contributed by atoms with Gasteiger partial charge in [-0.25, -0.2) is 0 Å². The van der Waals surface area contributed by atoms with Gasteiger partial charge in [-0.3, -0.25) is 14.3 Å². The smallest absolute Gasteiger partial charge is 0.308 e. The van der Waals surface area contributed by atoms with Crippen LogP contribution in [0.15, 0.2) is 6.07 Å². The topological polar surface area (TPSA) is 84.2 Å². The summed E-state index contributed by atoms with van der Waals surface area (Å²) in [6.45, 7) is 4.03. The maximum Gasteiger partial charge on any atom is 0.308 e. The number of amides is 1. The normalized spacial score (nSPS) is 22.2. The Labute approximate surface area is 118 Å². The zero-order chi connectivity index (χ0) is 14.9. The van der Waals surface area contributed by atoms with Crippen LogP contribution in [-0.4, -0.2) is 32.8 Å². The molecule has 0 bridgehead atoms. The van der Waals surface area contributed by atoms with Gasteiger partial charge in [-0.15, -0.1) is 0 Å². The van der Waals surface area contributed by atoms with Gasteiger partial charge in [0.2, 0.25) is 0 Å². The van der Waals surface area contributed by atoms with E-state index in [1.54, 1.807) is 17.8 Å². The number of carboxylic acids is 1. The Bertz CT molecular complexity index is 522. The largest absolute Gasteiger partial charge is 0.481 e. The van der Waals surface area contributed by atoms with Crippen LogP contribution in [0.4, 0.5) is 0 Å². The molecule has 0 radical (unpaired) electrons. The number of carboxylic acid groups (broad SMARTS) is 1. The quantitative estimate of drug-likeness (QED) is 0.875. The van der Waals surface area contributed by atoms with E-state index < -0.39 is 11.9 Å². The van der Waals surface area contributed by atoms with E-state index in [9.17, 15) is 9.59 Å². The van der Waals surface area contributed by atoms with Crippen molar-refractivity contribution in [3.05, 3.63) is 17.5 Å². The van der Waals surface area contributed by atoms with Crippen LogP contribution in [0.25, 0.3) is 0 Å². The van der Waals surface area contributed by atoms with Gasteiger partial charge in [-0.2, -0.15) is 5.10 Å². The second-order valence-corrected chi connectivity index (χ2v) is 5.69. The van der Waals surface area contributed by atoms with Gasteiger partial charge in [-0.1, -0.05) is 20.3 Å². The number of nitrogens with zero attached hydrogens (tertiary/aromatic N) is 2. The molecule has 6 heteroatoms. The number of nitrogens with one attached hydrogen (secondary N) is 1. The minimum Gasteiger partial charge on any atom is -0.481 e. The predicted molar refractivity (Wildman–Crippen MR) is 73.5 cm³/mol. The Morgan fingerprint density at radius 3 is 2.70 bits per heavy atom. The van der Waals surface area contributed by atoms with Crippen molar-refractivity contribution in [2.75, 3.05) is 0 Å². The van der Waals surface area contributed by atoms with E-state index >= 15 is 0 Å². The molecule has 0 spiro atoms. The van der Waals surface area contributed by atoms with Crippen molar-refractivity contribution in [3.63, 3.8) is 0 Å². The summed E-state index contributed by atoms with van der Waals surface area (Å²) in [6, 6.07) is 1.49. The molecule has 1 aromatic heterocycles. The Hall–Kier alpha value is -1.85. The van der Waals surface area contributed by atoms with Gasteiger partial charge >= 0.3 is 5.97 Å². The van der Waals surface area contributed by atoms with Gasteiger partial charge in [0.1, 0.15) is 5.69 Å². The van der Waals surface area contributed by atoms with Crippen LogP contribution in [0, 0.1) is 5.92 Å². The molecule has 2 N–H and O–H groups in total. The molecule has 0 aromatic carbocycles. The van der Waals surface area contributed by atoms with Crippen LogP contribution in [0.1, 0.15) is 55.2 Å². The number of hydrogen-bond acceptors (Lipinski definition) is 3. The maximum absolute atomic E-state index is 12.3. The molecule has 2 atom stereocenters. The highest BCUT2D eigenvalue weighted by Crippen LogP contribution is 2.26. The maximum atomic E-state index is 12.3. The minimum atomic E-state index is -0.833. The molecule has 1 saturated carbocycles. The molecular formula is C14H21N3O3. The molecule has 110 valence electrons. The van der Waals surface area contributed by atoms with Gasteiger partial charge in [0.25, 0.3) is 5.91 Å². The third-order valence-corrected chi connectivity index (χ3v) is 3.87. The average molecular weight is 279 g/mol. The number of aliphatic carboxylic acids is 1. The van der Waals surface area contributed by atoms with Crippen molar-refractivity contribution >= 4 is 11.9 Å². The molecular weight excluding hydrogens is 258 g/mol. The highest BCUT2D eigenvalue weighted by molar-refractivity contribution is 5.93. The van der Waals surface area contributed by atoms with Crippen LogP contribution < -0.4 is 5.32 Å². The Morgan fingerprint density at radius 2 is 2.15 bits per heavy atom. The monoisotopic (exact) mass is 279 g/mol. The number of aryl methyl sites for hydroxylation is 1. The van der Waals surface area contributed by atoms with E-state index in [4.69, 9.17) is 5.11 Å². The fourth-order valence-corrected chi connectivity index (χ4v) is 2.65. The third-order valence-electron chi connectivity index (χ3n) is 3.87. The van der Waals surface area contributed by atoms with Crippen molar-refractivity contribution < 1.29 is 14.7 Å². The fraction of sp³-hybridized carbons (Fsp3) is 0.643. The van der Waals surface area contributed by atoms with Crippen LogP contribution in [0.5, 0.6) is 0 Å². The minimum absolute atomic E-state index is 0.245. The SMILES string of the molecule is CC(C)c1cc(C(=O)N[C@@H]2CCC[C@@H]2C(=O)O)n(C)n1. The fourth-order valence-electron chi connectivity index (χ4n) is 2.65. The Morgan fingerprint density at radius 1 is 1.45 bits per heavy atom. The van der Waals surface area contributed by atoms with Gasteiger partial charge < -0.3 is 10.4 Å². The van der Waals surface area contributed by atoms with Crippen LogP contribution >= 0.6 is 0 Å².